The Kier molecular flexibility index (Phi) is 7.23. The number of likely N-dealkylation sites (tertiary alicyclic amines) is 1. The van der Waals surface area contributed by atoms with Crippen molar-refractivity contribution in [2.24, 2.45) is 0 Å². The second-order valence-electron chi connectivity index (χ2n) is 7.02. The first-order chi connectivity index (χ1) is 12.7. The predicted molar refractivity (Wildman–Crippen MR) is 107 cm³/mol. The van der Waals surface area contributed by atoms with Gasteiger partial charge in [0.25, 0.3) is 0 Å². The van der Waals surface area contributed by atoms with Crippen LogP contribution in [-0.4, -0.2) is 54.4 Å². The minimum Gasteiger partial charge on any atom is -0.370 e. The molecule has 1 aromatic rings. The third-order valence-electron chi connectivity index (χ3n) is 5.06. The zero-order valence-corrected chi connectivity index (χ0v) is 16.2. The molecule has 6 heteroatoms. The Balaban J connectivity index is 1.45. The van der Waals surface area contributed by atoms with Crippen LogP contribution in [0, 0.1) is 0 Å². The first-order valence-corrected chi connectivity index (χ1v) is 10.8. The van der Waals surface area contributed by atoms with Crippen LogP contribution >= 0.6 is 11.8 Å². The molecule has 1 N–H and O–H groups in total. The van der Waals surface area contributed by atoms with Gasteiger partial charge >= 0.3 is 0 Å². The third kappa shape index (κ3) is 5.66. The van der Waals surface area contributed by atoms with Gasteiger partial charge in [0.15, 0.2) is 0 Å². The first-order valence-electron chi connectivity index (χ1n) is 9.68. The van der Waals surface area contributed by atoms with Crippen molar-refractivity contribution in [2.75, 3.05) is 42.6 Å². The summed E-state index contributed by atoms with van der Waals surface area (Å²) in [5.41, 5.74) is 2.35. The van der Waals surface area contributed by atoms with Gasteiger partial charge < -0.3 is 15.1 Å². The van der Waals surface area contributed by atoms with Crippen LogP contribution in [0.2, 0.25) is 0 Å². The van der Waals surface area contributed by atoms with Crippen LogP contribution in [0.15, 0.2) is 24.3 Å². The number of anilines is 1. The zero-order chi connectivity index (χ0) is 18.2. The van der Waals surface area contributed by atoms with Crippen LogP contribution in [-0.2, 0) is 16.1 Å². The van der Waals surface area contributed by atoms with Crippen LogP contribution in [0.1, 0.15) is 37.7 Å². The number of hydrogen-bond donors (Lipinski definition) is 1. The number of carbonyl (C=O) groups excluding carboxylic acids is 2. The number of hydrogen-bond acceptors (Lipinski definition) is 4. The predicted octanol–water partition coefficient (Wildman–Crippen LogP) is 2.65. The number of nitrogens with zero attached hydrogens (tertiary/aromatic N) is 2. The molecule has 1 aromatic carbocycles. The van der Waals surface area contributed by atoms with Crippen LogP contribution in [0.3, 0.4) is 0 Å². The summed E-state index contributed by atoms with van der Waals surface area (Å²) in [5, 5.41) is 2.95. The van der Waals surface area contributed by atoms with Gasteiger partial charge in [-0.2, -0.15) is 11.8 Å². The molecule has 0 bridgehead atoms. The normalized spacial score (nSPS) is 19.0. The van der Waals surface area contributed by atoms with Gasteiger partial charge in [0, 0.05) is 49.8 Å². The zero-order valence-electron chi connectivity index (χ0n) is 15.4. The molecule has 0 unspecified atom stereocenters. The lowest BCUT2D eigenvalue weighted by molar-refractivity contribution is -0.136. The Bertz CT molecular complexity index is 600. The number of carbonyl (C=O) groups is 2. The number of benzene rings is 1. The molecule has 2 aliphatic heterocycles. The molecule has 2 aliphatic rings. The number of nitrogens with one attached hydrogen (secondary N) is 1. The maximum Gasteiger partial charge on any atom is 0.239 e. The van der Waals surface area contributed by atoms with Crippen molar-refractivity contribution < 1.29 is 9.59 Å². The van der Waals surface area contributed by atoms with Crippen molar-refractivity contribution >= 4 is 29.3 Å². The van der Waals surface area contributed by atoms with Crippen molar-refractivity contribution in [1.29, 1.82) is 0 Å². The van der Waals surface area contributed by atoms with E-state index >= 15 is 0 Å². The van der Waals surface area contributed by atoms with Crippen LogP contribution in [0.4, 0.5) is 5.69 Å². The molecular weight excluding hydrogens is 346 g/mol. The average Bonchev–Trinajstić information content (AvgIpc) is 2.67. The summed E-state index contributed by atoms with van der Waals surface area (Å²) in [7, 11) is 0. The SMILES string of the molecule is O=C(CN1CCCCCCC1=O)NCc1ccc(N2CCSCC2)cc1. The number of rotatable bonds is 5. The molecule has 0 aliphatic carbocycles. The molecule has 0 radical (unpaired) electrons. The monoisotopic (exact) mass is 375 g/mol. The number of thioether (sulfide) groups is 1. The van der Waals surface area contributed by atoms with Gasteiger partial charge in [-0.15, -0.1) is 0 Å². The smallest absolute Gasteiger partial charge is 0.239 e. The Morgan fingerprint density at radius 1 is 1.00 bits per heavy atom. The van der Waals surface area contributed by atoms with E-state index in [9.17, 15) is 9.59 Å². The maximum atomic E-state index is 12.2. The Morgan fingerprint density at radius 3 is 2.50 bits per heavy atom. The lowest BCUT2D eigenvalue weighted by Gasteiger charge is -2.28. The Morgan fingerprint density at radius 2 is 1.73 bits per heavy atom. The first kappa shape index (κ1) is 19.1. The second kappa shape index (κ2) is 9.86. The molecule has 0 atom stereocenters. The van der Waals surface area contributed by atoms with E-state index in [1.54, 1.807) is 4.90 Å². The lowest BCUT2D eigenvalue weighted by atomic mass is 10.1. The van der Waals surface area contributed by atoms with E-state index in [1.165, 1.54) is 17.2 Å². The fourth-order valence-electron chi connectivity index (χ4n) is 3.46. The van der Waals surface area contributed by atoms with E-state index in [0.717, 1.165) is 44.3 Å². The van der Waals surface area contributed by atoms with Gasteiger partial charge in [0.2, 0.25) is 11.8 Å². The highest BCUT2D eigenvalue weighted by Crippen LogP contribution is 2.19. The third-order valence-corrected chi connectivity index (χ3v) is 6.00. The van der Waals surface area contributed by atoms with E-state index in [1.807, 2.05) is 11.8 Å². The van der Waals surface area contributed by atoms with E-state index in [-0.39, 0.29) is 18.4 Å². The summed E-state index contributed by atoms with van der Waals surface area (Å²) >= 11 is 2.01. The highest BCUT2D eigenvalue weighted by Gasteiger charge is 2.18. The van der Waals surface area contributed by atoms with Crippen molar-refractivity contribution in [3.8, 4) is 0 Å². The van der Waals surface area contributed by atoms with Crippen molar-refractivity contribution in [3.63, 3.8) is 0 Å². The standard InChI is InChI=1S/C20H29N3O2S/c24-19(16-23-10-4-2-1-3-5-20(23)25)21-15-17-6-8-18(9-7-17)22-11-13-26-14-12-22/h6-9H,1-5,10-16H2,(H,21,24). The summed E-state index contributed by atoms with van der Waals surface area (Å²) in [6, 6.07) is 8.44. The molecule has 2 fully saturated rings. The topological polar surface area (TPSA) is 52.7 Å². The lowest BCUT2D eigenvalue weighted by Crippen LogP contribution is -2.41. The minimum absolute atomic E-state index is 0.0731. The van der Waals surface area contributed by atoms with Gasteiger partial charge in [0.1, 0.15) is 0 Å². The fraction of sp³-hybridized carbons (Fsp3) is 0.600. The molecule has 3 rings (SSSR count). The summed E-state index contributed by atoms with van der Waals surface area (Å²) in [4.78, 5) is 28.5. The highest BCUT2D eigenvalue weighted by atomic mass is 32.2. The van der Waals surface area contributed by atoms with Crippen LogP contribution in [0.25, 0.3) is 0 Å². The van der Waals surface area contributed by atoms with Crippen molar-refractivity contribution in [1.82, 2.24) is 10.2 Å². The van der Waals surface area contributed by atoms with E-state index in [2.05, 4.69) is 34.5 Å². The molecule has 2 heterocycles. The Labute approximate surface area is 160 Å². The summed E-state index contributed by atoms with van der Waals surface area (Å²) in [5.74, 6) is 2.42. The molecule has 0 saturated carbocycles. The quantitative estimate of drug-likeness (QED) is 0.860. The highest BCUT2D eigenvalue weighted by molar-refractivity contribution is 7.99. The molecule has 2 saturated heterocycles. The van der Waals surface area contributed by atoms with Gasteiger partial charge in [-0.25, -0.2) is 0 Å². The fourth-order valence-corrected chi connectivity index (χ4v) is 4.36. The van der Waals surface area contributed by atoms with Crippen molar-refractivity contribution in [3.05, 3.63) is 29.8 Å². The number of amides is 2. The van der Waals surface area contributed by atoms with Gasteiger partial charge in [-0.1, -0.05) is 25.0 Å². The van der Waals surface area contributed by atoms with Gasteiger partial charge in [-0.05, 0) is 30.5 Å². The molecular formula is C20H29N3O2S. The van der Waals surface area contributed by atoms with Gasteiger partial charge in [0.05, 0.1) is 6.54 Å². The average molecular weight is 376 g/mol. The Hall–Kier alpha value is -1.69. The largest absolute Gasteiger partial charge is 0.370 e. The molecule has 5 nitrogen and oxygen atoms in total. The van der Waals surface area contributed by atoms with Crippen LogP contribution < -0.4 is 10.2 Å². The van der Waals surface area contributed by atoms with Crippen LogP contribution in [0.5, 0.6) is 0 Å². The van der Waals surface area contributed by atoms with Gasteiger partial charge in [-0.3, -0.25) is 9.59 Å². The molecule has 2 amide bonds. The molecule has 142 valence electrons. The second-order valence-corrected chi connectivity index (χ2v) is 8.25. The summed E-state index contributed by atoms with van der Waals surface area (Å²) in [6.07, 6.45) is 4.78. The minimum atomic E-state index is -0.0731. The molecule has 26 heavy (non-hydrogen) atoms. The molecule has 0 spiro atoms. The van der Waals surface area contributed by atoms with E-state index in [4.69, 9.17) is 0 Å². The van der Waals surface area contributed by atoms with E-state index < -0.39 is 0 Å². The van der Waals surface area contributed by atoms with Crippen molar-refractivity contribution in [2.45, 2.75) is 38.6 Å². The maximum absolute atomic E-state index is 12.2. The molecule has 0 aromatic heterocycles. The van der Waals surface area contributed by atoms with E-state index in [0.29, 0.717) is 19.5 Å². The summed E-state index contributed by atoms with van der Waals surface area (Å²) < 4.78 is 0. The summed E-state index contributed by atoms with van der Waals surface area (Å²) in [6.45, 7) is 3.60.